The Hall–Kier alpha value is -4.16. The molecule has 7 heteroatoms. The van der Waals surface area contributed by atoms with Crippen molar-refractivity contribution in [2.45, 2.75) is 18.9 Å². The quantitative estimate of drug-likeness (QED) is 0.374. The fraction of sp³-hybridized carbons (Fsp3) is 0.107. The Bertz CT molecular complexity index is 1350. The maximum absolute atomic E-state index is 13.0. The number of amides is 2. The number of aromatic nitrogens is 1. The number of benzene rings is 3. The standard InChI is InChI=1S/C28H24ClN3O3/c29-22-11-13-23(14-12-22)30-26(33)19-24(18-20-6-2-1-3-7-20)31-28(35)21-9-15-25(16-10-21)32-17-5-4-8-27(32)34/h1-17,24H,18-19H2,(H,30,33)(H,31,35). The Balaban J connectivity index is 1.47. The van der Waals surface area contributed by atoms with E-state index in [0.29, 0.717) is 28.4 Å². The highest BCUT2D eigenvalue weighted by molar-refractivity contribution is 6.30. The van der Waals surface area contributed by atoms with E-state index >= 15 is 0 Å². The van der Waals surface area contributed by atoms with Crippen molar-refractivity contribution in [3.63, 3.8) is 0 Å². The van der Waals surface area contributed by atoms with E-state index in [0.717, 1.165) is 5.56 Å². The summed E-state index contributed by atoms with van der Waals surface area (Å²) in [6.45, 7) is 0. The summed E-state index contributed by atoms with van der Waals surface area (Å²) < 4.78 is 1.50. The number of halogens is 1. The minimum atomic E-state index is -0.423. The molecule has 0 aliphatic rings. The molecule has 0 aliphatic carbocycles. The Kier molecular flexibility index (Phi) is 7.75. The smallest absolute Gasteiger partial charge is 0.255 e. The second-order valence-electron chi connectivity index (χ2n) is 8.08. The average molecular weight is 486 g/mol. The van der Waals surface area contributed by atoms with Crippen LogP contribution in [0, 0.1) is 0 Å². The lowest BCUT2D eigenvalue weighted by atomic mass is 10.0. The zero-order chi connectivity index (χ0) is 24.6. The fourth-order valence-corrected chi connectivity index (χ4v) is 3.85. The van der Waals surface area contributed by atoms with Crippen molar-refractivity contribution in [2.24, 2.45) is 0 Å². The monoisotopic (exact) mass is 485 g/mol. The van der Waals surface area contributed by atoms with E-state index in [4.69, 9.17) is 11.6 Å². The SMILES string of the molecule is O=C(CC(Cc1ccccc1)NC(=O)c1ccc(-n2ccccc2=O)cc1)Nc1ccc(Cl)cc1. The van der Waals surface area contributed by atoms with E-state index in [9.17, 15) is 14.4 Å². The highest BCUT2D eigenvalue weighted by Crippen LogP contribution is 2.15. The molecule has 0 fully saturated rings. The third-order valence-electron chi connectivity index (χ3n) is 5.45. The highest BCUT2D eigenvalue weighted by Gasteiger charge is 2.18. The minimum Gasteiger partial charge on any atom is -0.348 e. The molecule has 0 saturated carbocycles. The topological polar surface area (TPSA) is 80.2 Å². The van der Waals surface area contributed by atoms with Crippen molar-refractivity contribution in [2.75, 3.05) is 5.32 Å². The van der Waals surface area contributed by atoms with Crippen LogP contribution in [0.4, 0.5) is 5.69 Å². The van der Waals surface area contributed by atoms with Gasteiger partial charge in [-0.1, -0.05) is 48.0 Å². The first-order chi connectivity index (χ1) is 17.0. The first-order valence-corrected chi connectivity index (χ1v) is 11.5. The molecule has 2 N–H and O–H groups in total. The van der Waals surface area contributed by atoms with Gasteiger partial charge in [0, 0.05) is 46.7 Å². The van der Waals surface area contributed by atoms with Gasteiger partial charge in [0.1, 0.15) is 0 Å². The zero-order valence-corrected chi connectivity index (χ0v) is 19.6. The third-order valence-corrected chi connectivity index (χ3v) is 5.70. The maximum atomic E-state index is 13.0. The van der Waals surface area contributed by atoms with Crippen molar-refractivity contribution in [1.82, 2.24) is 9.88 Å². The normalized spacial score (nSPS) is 11.5. The molecule has 2 amide bonds. The zero-order valence-electron chi connectivity index (χ0n) is 18.9. The van der Waals surface area contributed by atoms with Crippen LogP contribution in [-0.2, 0) is 11.2 Å². The number of nitrogens with one attached hydrogen (secondary N) is 2. The van der Waals surface area contributed by atoms with Gasteiger partial charge in [0.05, 0.1) is 0 Å². The summed E-state index contributed by atoms with van der Waals surface area (Å²) in [7, 11) is 0. The predicted molar refractivity (Wildman–Crippen MR) is 138 cm³/mol. The van der Waals surface area contributed by atoms with Crippen molar-refractivity contribution in [3.8, 4) is 5.69 Å². The Morgan fingerprint density at radius 3 is 2.20 bits per heavy atom. The summed E-state index contributed by atoms with van der Waals surface area (Å²) in [5, 5.41) is 6.42. The molecule has 0 radical (unpaired) electrons. The van der Waals surface area contributed by atoms with E-state index in [1.165, 1.54) is 10.6 Å². The number of carbonyl (C=O) groups excluding carboxylic acids is 2. The second kappa shape index (κ2) is 11.3. The first kappa shape index (κ1) is 24.0. The van der Waals surface area contributed by atoms with Crippen molar-refractivity contribution in [1.29, 1.82) is 0 Å². The molecular weight excluding hydrogens is 462 g/mol. The van der Waals surface area contributed by atoms with Gasteiger partial charge in [0.2, 0.25) is 5.91 Å². The molecule has 1 aromatic heterocycles. The lowest BCUT2D eigenvalue weighted by molar-refractivity contribution is -0.116. The summed E-state index contributed by atoms with van der Waals surface area (Å²) in [6.07, 6.45) is 2.27. The molecule has 0 saturated heterocycles. The second-order valence-corrected chi connectivity index (χ2v) is 8.51. The molecular formula is C28H24ClN3O3. The minimum absolute atomic E-state index is 0.0980. The van der Waals surface area contributed by atoms with E-state index in [1.807, 2.05) is 30.3 Å². The molecule has 0 bridgehead atoms. The molecule has 0 spiro atoms. The molecule has 35 heavy (non-hydrogen) atoms. The molecule has 4 rings (SSSR count). The first-order valence-electron chi connectivity index (χ1n) is 11.2. The van der Waals surface area contributed by atoms with E-state index in [-0.39, 0.29) is 23.8 Å². The Morgan fingerprint density at radius 1 is 0.829 bits per heavy atom. The number of anilines is 1. The third kappa shape index (κ3) is 6.68. The fourth-order valence-electron chi connectivity index (χ4n) is 3.72. The van der Waals surface area contributed by atoms with Crippen LogP contribution in [0.5, 0.6) is 0 Å². The maximum Gasteiger partial charge on any atom is 0.255 e. The van der Waals surface area contributed by atoms with Gasteiger partial charge in [0.15, 0.2) is 0 Å². The van der Waals surface area contributed by atoms with Gasteiger partial charge in [0.25, 0.3) is 11.5 Å². The van der Waals surface area contributed by atoms with E-state index < -0.39 is 6.04 Å². The Labute approximate surface area is 208 Å². The molecule has 1 heterocycles. The van der Waals surface area contributed by atoms with Gasteiger partial charge in [-0.2, -0.15) is 0 Å². The molecule has 1 atom stereocenters. The van der Waals surface area contributed by atoms with Crippen LogP contribution in [0.25, 0.3) is 5.69 Å². The van der Waals surface area contributed by atoms with Crippen molar-refractivity contribution < 1.29 is 9.59 Å². The van der Waals surface area contributed by atoms with Crippen molar-refractivity contribution in [3.05, 3.63) is 130 Å². The van der Waals surface area contributed by atoms with Gasteiger partial charge in [-0.3, -0.25) is 19.0 Å². The molecule has 6 nitrogen and oxygen atoms in total. The van der Waals surface area contributed by atoms with Gasteiger partial charge in [-0.05, 0) is 66.6 Å². The molecule has 4 aromatic rings. The van der Waals surface area contributed by atoms with Crippen LogP contribution < -0.4 is 16.2 Å². The van der Waals surface area contributed by atoms with Crippen LogP contribution in [0.3, 0.4) is 0 Å². The summed E-state index contributed by atoms with van der Waals surface area (Å²) in [5.41, 5.74) is 2.59. The number of carbonyl (C=O) groups is 2. The lowest BCUT2D eigenvalue weighted by Crippen LogP contribution is -2.39. The van der Waals surface area contributed by atoms with Gasteiger partial charge in [-0.15, -0.1) is 0 Å². The van der Waals surface area contributed by atoms with Crippen LogP contribution in [-0.4, -0.2) is 22.4 Å². The average Bonchev–Trinajstić information content (AvgIpc) is 2.86. The van der Waals surface area contributed by atoms with Crippen LogP contribution in [0.1, 0.15) is 22.3 Å². The number of nitrogens with zero attached hydrogens (tertiary/aromatic N) is 1. The lowest BCUT2D eigenvalue weighted by Gasteiger charge is -2.19. The van der Waals surface area contributed by atoms with Gasteiger partial charge < -0.3 is 10.6 Å². The number of hydrogen-bond acceptors (Lipinski definition) is 3. The highest BCUT2D eigenvalue weighted by atomic mass is 35.5. The molecule has 3 aromatic carbocycles. The van der Waals surface area contributed by atoms with Crippen molar-refractivity contribution >= 4 is 29.1 Å². The number of hydrogen-bond donors (Lipinski definition) is 2. The largest absolute Gasteiger partial charge is 0.348 e. The summed E-state index contributed by atoms with van der Waals surface area (Å²) in [4.78, 5) is 37.8. The van der Waals surface area contributed by atoms with Gasteiger partial charge >= 0.3 is 0 Å². The van der Waals surface area contributed by atoms with Crippen LogP contribution in [0.15, 0.2) is 108 Å². The summed E-state index contributed by atoms with van der Waals surface area (Å²) >= 11 is 5.91. The predicted octanol–water partition coefficient (Wildman–Crippen LogP) is 4.86. The van der Waals surface area contributed by atoms with Crippen LogP contribution >= 0.6 is 11.6 Å². The Morgan fingerprint density at radius 2 is 1.51 bits per heavy atom. The van der Waals surface area contributed by atoms with E-state index in [1.54, 1.807) is 66.9 Å². The van der Waals surface area contributed by atoms with Gasteiger partial charge in [-0.25, -0.2) is 0 Å². The molecule has 176 valence electrons. The summed E-state index contributed by atoms with van der Waals surface area (Å²) in [6, 6.07) is 27.8. The number of pyridine rings is 1. The molecule has 0 aliphatic heterocycles. The number of rotatable bonds is 8. The molecule has 1 unspecified atom stereocenters. The summed E-state index contributed by atoms with van der Waals surface area (Å²) in [5.74, 6) is -0.510. The van der Waals surface area contributed by atoms with Crippen LogP contribution in [0.2, 0.25) is 5.02 Å². The van der Waals surface area contributed by atoms with E-state index in [2.05, 4.69) is 10.6 Å².